The molecular weight excluding hydrogens is 226 g/mol. The highest BCUT2D eigenvalue weighted by molar-refractivity contribution is 6.05. The van der Waals surface area contributed by atoms with Crippen LogP contribution >= 0.6 is 0 Å². The first-order valence-corrected chi connectivity index (χ1v) is 6.44. The highest BCUT2D eigenvalue weighted by atomic mass is 16.5. The maximum atomic E-state index is 12.6. The molecule has 18 heavy (non-hydrogen) atoms. The summed E-state index contributed by atoms with van der Waals surface area (Å²) in [5.41, 5.74) is 8.07. The number of ether oxygens (including phenoxy) is 1. The van der Waals surface area contributed by atoms with Gasteiger partial charge in [-0.25, -0.2) is 0 Å². The van der Waals surface area contributed by atoms with Gasteiger partial charge in [0.15, 0.2) is 5.78 Å². The lowest BCUT2D eigenvalue weighted by Gasteiger charge is -2.19. The molecule has 2 aliphatic rings. The standard InChI is InChI=1S/C15H17NO2/c16-13-5-3-12(4-6-13)15(7-8-15)14(17)11-2-1-9-18-10-11/h3-6,10H,1-2,7-9,16H2. The number of allylic oxidation sites excluding steroid dienone is 1. The van der Waals surface area contributed by atoms with E-state index in [0.717, 1.165) is 49.1 Å². The molecule has 0 unspecified atom stereocenters. The summed E-state index contributed by atoms with van der Waals surface area (Å²) in [6.45, 7) is 0.728. The Balaban J connectivity index is 1.88. The van der Waals surface area contributed by atoms with Crippen LogP contribution in [0.2, 0.25) is 0 Å². The van der Waals surface area contributed by atoms with Crippen molar-refractivity contribution in [2.24, 2.45) is 0 Å². The maximum Gasteiger partial charge on any atom is 0.172 e. The molecule has 3 rings (SSSR count). The number of hydrogen-bond acceptors (Lipinski definition) is 3. The summed E-state index contributed by atoms with van der Waals surface area (Å²) < 4.78 is 5.28. The van der Waals surface area contributed by atoms with Gasteiger partial charge in [-0.15, -0.1) is 0 Å². The van der Waals surface area contributed by atoms with Crippen LogP contribution in [0.1, 0.15) is 31.2 Å². The van der Waals surface area contributed by atoms with E-state index < -0.39 is 0 Å². The van der Waals surface area contributed by atoms with Crippen LogP contribution in [0.4, 0.5) is 5.69 Å². The van der Waals surface area contributed by atoms with Crippen LogP contribution in [0.3, 0.4) is 0 Å². The summed E-state index contributed by atoms with van der Waals surface area (Å²) in [5.74, 6) is 0.243. The molecule has 0 saturated heterocycles. The van der Waals surface area contributed by atoms with Gasteiger partial charge in [-0.1, -0.05) is 12.1 Å². The largest absolute Gasteiger partial charge is 0.501 e. The molecule has 3 heteroatoms. The first kappa shape index (κ1) is 11.3. The number of nitrogens with two attached hydrogens (primary N) is 1. The van der Waals surface area contributed by atoms with Crippen LogP contribution in [-0.2, 0) is 14.9 Å². The zero-order chi connectivity index (χ0) is 12.6. The van der Waals surface area contributed by atoms with Crippen molar-refractivity contribution in [2.75, 3.05) is 12.3 Å². The predicted octanol–water partition coefficient (Wildman–Crippen LogP) is 2.56. The monoisotopic (exact) mass is 243 g/mol. The number of carbonyl (C=O) groups excluding carboxylic acids is 1. The van der Waals surface area contributed by atoms with Gasteiger partial charge in [-0.3, -0.25) is 4.79 Å². The molecule has 3 nitrogen and oxygen atoms in total. The molecule has 1 saturated carbocycles. The van der Waals surface area contributed by atoms with Gasteiger partial charge in [0.1, 0.15) is 0 Å². The molecule has 1 heterocycles. The summed E-state index contributed by atoms with van der Waals surface area (Å²) in [4.78, 5) is 12.6. The lowest BCUT2D eigenvalue weighted by Crippen LogP contribution is -2.24. The van der Waals surface area contributed by atoms with Gasteiger partial charge in [-0.2, -0.15) is 0 Å². The third-order valence-electron chi connectivity index (χ3n) is 3.87. The molecule has 1 fully saturated rings. The number of rotatable bonds is 3. The lowest BCUT2D eigenvalue weighted by atomic mass is 9.86. The zero-order valence-corrected chi connectivity index (χ0v) is 10.3. The van der Waals surface area contributed by atoms with E-state index in [1.54, 1.807) is 6.26 Å². The average molecular weight is 243 g/mol. The van der Waals surface area contributed by atoms with Crippen molar-refractivity contribution in [1.29, 1.82) is 0 Å². The maximum absolute atomic E-state index is 12.6. The number of anilines is 1. The Morgan fingerprint density at radius 2 is 1.94 bits per heavy atom. The fraction of sp³-hybridized carbons (Fsp3) is 0.400. The minimum atomic E-state index is -0.291. The molecule has 0 amide bonds. The van der Waals surface area contributed by atoms with Crippen molar-refractivity contribution in [2.45, 2.75) is 31.1 Å². The van der Waals surface area contributed by atoms with E-state index >= 15 is 0 Å². The molecule has 1 aromatic carbocycles. The molecule has 0 spiro atoms. The summed E-state index contributed by atoms with van der Waals surface area (Å²) in [6, 6.07) is 7.69. The number of Topliss-reactive ketones (excluding diaryl/α,β-unsaturated/α-hetero) is 1. The third-order valence-corrected chi connectivity index (χ3v) is 3.87. The van der Waals surface area contributed by atoms with E-state index in [1.807, 2.05) is 24.3 Å². The Labute approximate surface area is 107 Å². The smallest absolute Gasteiger partial charge is 0.172 e. The third kappa shape index (κ3) is 1.80. The normalized spacial score (nSPS) is 20.8. The molecule has 0 bridgehead atoms. The second kappa shape index (κ2) is 4.16. The lowest BCUT2D eigenvalue weighted by molar-refractivity contribution is -0.118. The zero-order valence-electron chi connectivity index (χ0n) is 10.3. The predicted molar refractivity (Wildman–Crippen MR) is 70.0 cm³/mol. The average Bonchev–Trinajstić information content (AvgIpc) is 3.21. The number of nitrogen functional groups attached to an aromatic ring is 1. The molecule has 0 radical (unpaired) electrons. The van der Waals surface area contributed by atoms with Crippen molar-refractivity contribution in [3.8, 4) is 0 Å². The molecule has 2 N–H and O–H groups in total. The van der Waals surface area contributed by atoms with Gasteiger partial charge in [-0.05, 0) is 43.4 Å². The fourth-order valence-corrected chi connectivity index (χ4v) is 2.61. The van der Waals surface area contributed by atoms with E-state index in [4.69, 9.17) is 10.5 Å². The molecular formula is C15H17NO2. The van der Waals surface area contributed by atoms with E-state index in [-0.39, 0.29) is 11.2 Å². The van der Waals surface area contributed by atoms with Crippen LogP contribution in [-0.4, -0.2) is 12.4 Å². The second-order valence-electron chi connectivity index (χ2n) is 5.15. The quantitative estimate of drug-likeness (QED) is 0.830. The van der Waals surface area contributed by atoms with Crippen LogP contribution in [0.25, 0.3) is 0 Å². The Hall–Kier alpha value is -1.77. The van der Waals surface area contributed by atoms with Crippen molar-refractivity contribution < 1.29 is 9.53 Å². The Bertz CT molecular complexity index is 498. The minimum absolute atomic E-state index is 0.243. The van der Waals surface area contributed by atoms with Crippen LogP contribution in [0, 0.1) is 0 Å². The van der Waals surface area contributed by atoms with Crippen LogP contribution < -0.4 is 5.73 Å². The minimum Gasteiger partial charge on any atom is -0.501 e. The van der Waals surface area contributed by atoms with Gasteiger partial charge in [0.2, 0.25) is 0 Å². The summed E-state index contributed by atoms with van der Waals surface area (Å²) in [7, 11) is 0. The van der Waals surface area contributed by atoms with Crippen LogP contribution in [0.15, 0.2) is 36.1 Å². The topological polar surface area (TPSA) is 52.3 Å². The highest BCUT2D eigenvalue weighted by Gasteiger charge is 2.51. The fourth-order valence-electron chi connectivity index (χ4n) is 2.61. The Kier molecular flexibility index (Phi) is 2.62. The molecule has 1 aliphatic carbocycles. The second-order valence-corrected chi connectivity index (χ2v) is 5.15. The highest BCUT2D eigenvalue weighted by Crippen LogP contribution is 2.51. The Morgan fingerprint density at radius 1 is 1.22 bits per heavy atom. The Morgan fingerprint density at radius 3 is 2.50 bits per heavy atom. The molecule has 0 atom stereocenters. The van der Waals surface area contributed by atoms with Crippen molar-refractivity contribution in [3.63, 3.8) is 0 Å². The van der Waals surface area contributed by atoms with E-state index in [1.165, 1.54) is 0 Å². The molecule has 1 aliphatic heterocycles. The number of carbonyl (C=O) groups is 1. The number of hydrogen-bond donors (Lipinski definition) is 1. The van der Waals surface area contributed by atoms with E-state index in [2.05, 4.69) is 0 Å². The first-order valence-electron chi connectivity index (χ1n) is 6.44. The number of ketones is 1. The number of benzene rings is 1. The van der Waals surface area contributed by atoms with Crippen molar-refractivity contribution in [3.05, 3.63) is 41.7 Å². The summed E-state index contributed by atoms with van der Waals surface area (Å²) >= 11 is 0. The summed E-state index contributed by atoms with van der Waals surface area (Å²) in [5, 5.41) is 0. The van der Waals surface area contributed by atoms with Crippen molar-refractivity contribution >= 4 is 11.5 Å². The van der Waals surface area contributed by atoms with E-state index in [0.29, 0.717) is 0 Å². The first-order chi connectivity index (χ1) is 8.72. The van der Waals surface area contributed by atoms with E-state index in [9.17, 15) is 4.79 Å². The van der Waals surface area contributed by atoms with Gasteiger partial charge < -0.3 is 10.5 Å². The molecule has 94 valence electrons. The van der Waals surface area contributed by atoms with Gasteiger partial charge >= 0.3 is 0 Å². The SMILES string of the molecule is Nc1ccc(C2(C(=O)C3=COCCC3)CC2)cc1. The molecule has 1 aromatic rings. The molecule has 0 aromatic heterocycles. The van der Waals surface area contributed by atoms with Gasteiger partial charge in [0.25, 0.3) is 0 Å². The van der Waals surface area contributed by atoms with Crippen LogP contribution in [0.5, 0.6) is 0 Å². The van der Waals surface area contributed by atoms with Gasteiger partial charge in [0, 0.05) is 11.3 Å². The van der Waals surface area contributed by atoms with Crippen molar-refractivity contribution in [1.82, 2.24) is 0 Å². The summed E-state index contributed by atoms with van der Waals surface area (Å²) in [6.07, 6.45) is 5.31. The van der Waals surface area contributed by atoms with Gasteiger partial charge in [0.05, 0.1) is 18.3 Å².